The Morgan fingerprint density at radius 1 is 1.11 bits per heavy atom. The molecule has 1 rings (SSSR count). The average molecular weight is 252 g/mol. The molecule has 5 heteroatoms. The van der Waals surface area contributed by atoms with Gasteiger partial charge >= 0.3 is 0 Å². The minimum atomic E-state index is -0.340. The molecule has 0 radical (unpaired) electrons. The maximum atomic E-state index is 12.6. The summed E-state index contributed by atoms with van der Waals surface area (Å²) in [6.07, 6.45) is 0.657. The van der Waals surface area contributed by atoms with E-state index in [0.29, 0.717) is 13.1 Å². The number of hydrogen-bond acceptors (Lipinski definition) is 2. The van der Waals surface area contributed by atoms with Crippen LogP contribution in [0.3, 0.4) is 0 Å². The quantitative estimate of drug-likeness (QED) is 0.751. The van der Waals surface area contributed by atoms with Gasteiger partial charge in [0.2, 0.25) is 11.8 Å². The lowest BCUT2D eigenvalue weighted by Gasteiger charge is -2.06. The topological polar surface area (TPSA) is 58.2 Å². The molecule has 0 bridgehead atoms. The highest BCUT2D eigenvalue weighted by molar-refractivity contribution is 5.96. The summed E-state index contributed by atoms with van der Waals surface area (Å²) >= 11 is 0. The van der Waals surface area contributed by atoms with E-state index < -0.39 is 0 Å². The van der Waals surface area contributed by atoms with Crippen molar-refractivity contribution in [1.82, 2.24) is 10.6 Å². The summed E-state index contributed by atoms with van der Waals surface area (Å²) in [4.78, 5) is 22.7. The third-order valence-corrected chi connectivity index (χ3v) is 2.30. The molecule has 0 aromatic heterocycles. The first-order chi connectivity index (χ1) is 8.61. The fourth-order valence-corrected chi connectivity index (χ4v) is 1.34. The van der Waals surface area contributed by atoms with E-state index in [1.165, 1.54) is 12.1 Å². The standard InChI is InChI=1S/C13H17FN2O2/c1-2-7-15-12(17)8-13(18)16-9-10-3-5-11(14)6-4-10/h3-6H,2,7-9H2,1H3,(H,15,17)(H,16,18). The Morgan fingerprint density at radius 3 is 2.33 bits per heavy atom. The molecule has 98 valence electrons. The number of carbonyl (C=O) groups excluding carboxylic acids is 2. The SMILES string of the molecule is CCCNC(=O)CC(=O)NCc1ccc(F)cc1. The molecule has 0 aliphatic heterocycles. The number of nitrogens with one attached hydrogen (secondary N) is 2. The predicted octanol–water partition coefficient (Wildman–Crippen LogP) is 1.36. The van der Waals surface area contributed by atoms with Gasteiger partial charge in [0, 0.05) is 13.1 Å². The van der Waals surface area contributed by atoms with Gasteiger partial charge < -0.3 is 10.6 Å². The molecule has 2 amide bonds. The Balaban J connectivity index is 2.28. The summed E-state index contributed by atoms with van der Waals surface area (Å²) in [6.45, 7) is 2.80. The van der Waals surface area contributed by atoms with Gasteiger partial charge in [0.15, 0.2) is 0 Å². The van der Waals surface area contributed by atoms with Crippen molar-refractivity contribution < 1.29 is 14.0 Å². The van der Waals surface area contributed by atoms with Crippen LogP contribution in [0.25, 0.3) is 0 Å². The molecule has 0 atom stereocenters. The van der Waals surface area contributed by atoms with Gasteiger partial charge in [0.05, 0.1) is 0 Å². The largest absolute Gasteiger partial charge is 0.356 e. The Labute approximate surface area is 106 Å². The number of benzene rings is 1. The molecule has 0 aliphatic carbocycles. The van der Waals surface area contributed by atoms with Crippen molar-refractivity contribution in [3.8, 4) is 0 Å². The van der Waals surface area contributed by atoms with Crippen molar-refractivity contribution in [2.24, 2.45) is 0 Å². The molecule has 0 saturated heterocycles. The van der Waals surface area contributed by atoms with Crippen molar-refractivity contribution in [1.29, 1.82) is 0 Å². The highest BCUT2D eigenvalue weighted by Gasteiger charge is 2.07. The van der Waals surface area contributed by atoms with E-state index in [-0.39, 0.29) is 24.1 Å². The van der Waals surface area contributed by atoms with E-state index in [1.807, 2.05) is 6.92 Å². The molecule has 0 saturated carbocycles. The van der Waals surface area contributed by atoms with Gasteiger partial charge in [-0.1, -0.05) is 19.1 Å². The van der Waals surface area contributed by atoms with E-state index in [0.717, 1.165) is 12.0 Å². The Kier molecular flexibility index (Phi) is 5.84. The minimum Gasteiger partial charge on any atom is -0.356 e. The summed E-state index contributed by atoms with van der Waals surface area (Å²) < 4.78 is 12.6. The van der Waals surface area contributed by atoms with Crippen LogP contribution in [-0.2, 0) is 16.1 Å². The molecule has 18 heavy (non-hydrogen) atoms. The Hall–Kier alpha value is -1.91. The maximum Gasteiger partial charge on any atom is 0.229 e. The zero-order valence-corrected chi connectivity index (χ0v) is 10.3. The van der Waals surface area contributed by atoms with Crippen molar-refractivity contribution >= 4 is 11.8 Å². The van der Waals surface area contributed by atoms with E-state index in [9.17, 15) is 14.0 Å². The van der Waals surface area contributed by atoms with E-state index in [4.69, 9.17) is 0 Å². The first kappa shape index (κ1) is 14.2. The number of carbonyl (C=O) groups is 2. The van der Waals surface area contributed by atoms with Crippen LogP contribution >= 0.6 is 0 Å². The molecule has 0 fully saturated rings. The van der Waals surface area contributed by atoms with Crippen molar-refractivity contribution in [2.45, 2.75) is 26.3 Å². The first-order valence-electron chi connectivity index (χ1n) is 5.89. The molecule has 0 unspecified atom stereocenters. The van der Waals surface area contributed by atoms with E-state index >= 15 is 0 Å². The van der Waals surface area contributed by atoms with Crippen molar-refractivity contribution in [3.63, 3.8) is 0 Å². The lowest BCUT2D eigenvalue weighted by Crippen LogP contribution is -2.31. The van der Waals surface area contributed by atoms with Gasteiger partial charge in [0.25, 0.3) is 0 Å². The van der Waals surface area contributed by atoms with Crippen molar-refractivity contribution in [2.75, 3.05) is 6.54 Å². The van der Waals surface area contributed by atoms with Crippen LogP contribution in [0.4, 0.5) is 4.39 Å². The zero-order chi connectivity index (χ0) is 13.4. The van der Waals surface area contributed by atoms with Crippen molar-refractivity contribution in [3.05, 3.63) is 35.6 Å². The summed E-state index contributed by atoms with van der Waals surface area (Å²) in [5, 5.41) is 5.22. The average Bonchev–Trinajstić information content (AvgIpc) is 2.35. The van der Waals surface area contributed by atoms with Crippen LogP contribution in [-0.4, -0.2) is 18.4 Å². The van der Waals surface area contributed by atoms with Crippen LogP contribution in [0, 0.1) is 5.82 Å². The van der Waals surface area contributed by atoms with Crippen LogP contribution in [0.5, 0.6) is 0 Å². The van der Waals surface area contributed by atoms with Crippen LogP contribution in [0.1, 0.15) is 25.3 Å². The summed E-state index contributed by atoms with van der Waals surface area (Å²) in [6, 6.07) is 5.84. The van der Waals surface area contributed by atoms with Gasteiger partial charge in [0.1, 0.15) is 12.2 Å². The molecule has 1 aromatic carbocycles. The molecule has 1 aromatic rings. The second kappa shape index (κ2) is 7.42. The minimum absolute atomic E-state index is 0.179. The van der Waals surface area contributed by atoms with E-state index in [1.54, 1.807) is 12.1 Å². The second-order valence-electron chi connectivity index (χ2n) is 3.93. The normalized spacial score (nSPS) is 9.89. The number of halogens is 1. The van der Waals surface area contributed by atoms with Crippen LogP contribution in [0.15, 0.2) is 24.3 Å². The van der Waals surface area contributed by atoms with Gasteiger partial charge in [-0.15, -0.1) is 0 Å². The number of hydrogen-bond donors (Lipinski definition) is 2. The zero-order valence-electron chi connectivity index (χ0n) is 10.3. The van der Waals surface area contributed by atoms with Gasteiger partial charge in [-0.3, -0.25) is 9.59 Å². The van der Waals surface area contributed by atoms with Crippen LogP contribution < -0.4 is 10.6 Å². The Bertz CT molecular complexity index is 404. The monoisotopic (exact) mass is 252 g/mol. The summed E-state index contributed by atoms with van der Waals surface area (Å²) in [7, 11) is 0. The molecule has 0 heterocycles. The summed E-state index contributed by atoms with van der Waals surface area (Å²) in [5.41, 5.74) is 0.790. The molecule has 2 N–H and O–H groups in total. The maximum absolute atomic E-state index is 12.6. The Morgan fingerprint density at radius 2 is 1.72 bits per heavy atom. The van der Waals surface area contributed by atoms with Gasteiger partial charge in [-0.2, -0.15) is 0 Å². The highest BCUT2D eigenvalue weighted by Crippen LogP contribution is 2.02. The lowest BCUT2D eigenvalue weighted by molar-refractivity contribution is -0.129. The molecule has 0 aliphatic rings. The third-order valence-electron chi connectivity index (χ3n) is 2.30. The first-order valence-corrected chi connectivity index (χ1v) is 5.89. The number of rotatable bonds is 6. The van der Waals surface area contributed by atoms with Crippen LogP contribution in [0.2, 0.25) is 0 Å². The van der Waals surface area contributed by atoms with Gasteiger partial charge in [-0.05, 0) is 24.1 Å². The summed E-state index contributed by atoms with van der Waals surface area (Å²) in [5.74, 6) is -0.939. The number of amides is 2. The second-order valence-corrected chi connectivity index (χ2v) is 3.93. The highest BCUT2D eigenvalue weighted by atomic mass is 19.1. The molecule has 0 spiro atoms. The predicted molar refractivity (Wildman–Crippen MR) is 66.2 cm³/mol. The fraction of sp³-hybridized carbons (Fsp3) is 0.385. The van der Waals surface area contributed by atoms with Gasteiger partial charge in [-0.25, -0.2) is 4.39 Å². The third kappa shape index (κ3) is 5.43. The fourth-order valence-electron chi connectivity index (χ4n) is 1.34. The lowest BCUT2D eigenvalue weighted by atomic mass is 10.2. The smallest absolute Gasteiger partial charge is 0.229 e. The molecular formula is C13H17FN2O2. The molecular weight excluding hydrogens is 235 g/mol. The molecule has 4 nitrogen and oxygen atoms in total. The van der Waals surface area contributed by atoms with E-state index in [2.05, 4.69) is 10.6 Å².